The molecule has 0 spiro atoms. The van der Waals surface area contributed by atoms with Crippen LogP contribution in [0.3, 0.4) is 0 Å². The molecule has 1 aliphatic carbocycles. The minimum Gasteiger partial charge on any atom is -0.467 e. The molecule has 6 nitrogen and oxygen atoms in total. The summed E-state index contributed by atoms with van der Waals surface area (Å²) in [6, 6.07) is 7.30. The SMILES string of the molecule is CCC(C)(NC(=O)/C=C/c1ccc(C(=O)NC2CC2)cc1)C(=O)OC. The maximum atomic E-state index is 12.0. The highest BCUT2D eigenvalue weighted by Crippen LogP contribution is 2.19. The van der Waals surface area contributed by atoms with E-state index < -0.39 is 11.5 Å². The molecule has 0 saturated heterocycles. The highest BCUT2D eigenvalue weighted by atomic mass is 16.5. The molecule has 134 valence electrons. The van der Waals surface area contributed by atoms with E-state index >= 15 is 0 Å². The molecule has 2 rings (SSSR count). The fourth-order valence-corrected chi connectivity index (χ4v) is 2.24. The Morgan fingerprint density at radius 2 is 1.88 bits per heavy atom. The number of ether oxygens (including phenoxy) is 1. The predicted molar refractivity (Wildman–Crippen MR) is 94.8 cm³/mol. The summed E-state index contributed by atoms with van der Waals surface area (Å²) < 4.78 is 4.72. The second-order valence-electron chi connectivity index (χ2n) is 6.37. The number of hydrogen-bond acceptors (Lipinski definition) is 4. The van der Waals surface area contributed by atoms with Gasteiger partial charge in [-0.05, 0) is 50.0 Å². The first-order chi connectivity index (χ1) is 11.9. The van der Waals surface area contributed by atoms with E-state index in [2.05, 4.69) is 10.6 Å². The largest absolute Gasteiger partial charge is 0.467 e. The fraction of sp³-hybridized carbons (Fsp3) is 0.421. The van der Waals surface area contributed by atoms with Gasteiger partial charge in [-0.2, -0.15) is 0 Å². The summed E-state index contributed by atoms with van der Waals surface area (Å²) in [4.78, 5) is 35.7. The van der Waals surface area contributed by atoms with E-state index in [1.807, 2.05) is 0 Å². The molecule has 6 heteroatoms. The molecule has 1 atom stereocenters. The van der Waals surface area contributed by atoms with Gasteiger partial charge in [-0.25, -0.2) is 4.79 Å². The molecule has 2 N–H and O–H groups in total. The maximum absolute atomic E-state index is 12.0. The zero-order valence-corrected chi connectivity index (χ0v) is 14.8. The van der Waals surface area contributed by atoms with Crippen molar-refractivity contribution in [1.29, 1.82) is 0 Å². The van der Waals surface area contributed by atoms with Crippen LogP contribution in [0.4, 0.5) is 0 Å². The summed E-state index contributed by atoms with van der Waals surface area (Å²) in [5.41, 5.74) is 0.327. The second-order valence-corrected chi connectivity index (χ2v) is 6.37. The lowest BCUT2D eigenvalue weighted by atomic mass is 9.99. The first-order valence-electron chi connectivity index (χ1n) is 8.37. The molecule has 1 fully saturated rings. The van der Waals surface area contributed by atoms with Crippen LogP contribution in [0.1, 0.15) is 49.0 Å². The van der Waals surface area contributed by atoms with Crippen LogP contribution in [0.2, 0.25) is 0 Å². The number of hydrogen-bond donors (Lipinski definition) is 2. The van der Waals surface area contributed by atoms with Crippen LogP contribution in [0.5, 0.6) is 0 Å². The molecule has 1 aromatic rings. The van der Waals surface area contributed by atoms with E-state index in [4.69, 9.17) is 4.74 Å². The van der Waals surface area contributed by atoms with Gasteiger partial charge in [-0.3, -0.25) is 9.59 Å². The molecule has 2 amide bonds. The third-order valence-corrected chi connectivity index (χ3v) is 4.25. The fourth-order valence-electron chi connectivity index (χ4n) is 2.24. The van der Waals surface area contributed by atoms with Gasteiger partial charge >= 0.3 is 5.97 Å². The van der Waals surface area contributed by atoms with Gasteiger partial charge in [0.15, 0.2) is 0 Å². The number of amides is 2. The zero-order chi connectivity index (χ0) is 18.4. The molecular formula is C19H24N2O4. The first kappa shape index (κ1) is 18.7. The molecule has 0 aromatic heterocycles. The highest BCUT2D eigenvalue weighted by molar-refractivity contribution is 5.97. The summed E-state index contributed by atoms with van der Waals surface area (Å²) in [6.07, 6.45) is 5.50. The minimum atomic E-state index is -1.05. The van der Waals surface area contributed by atoms with E-state index in [1.165, 1.54) is 13.2 Å². The van der Waals surface area contributed by atoms with Gasteiger partial charge in [0, 0.05) is 17.7 Å². The number of methoxy groups -OCH3 is 1. The van der Waals surface area contributed by atoms with Crippen molar-refractivity contribution >= 4 is 23.9 Å². The molecule has 25 heavy (non-hydrogen) atoms. The monoisotopic (exact) mass is 344 g/mol. The molecule has 1 aromatic carbocycles. The third-order valence-electron chi connectivity index (χ3n) is 4.25. The predicted octanol–water partition coefficient (Wildman–Crippen LogP) is 2.05. The van der Waals surface area contributed by atoms with Gasteiger partial charge in [0.2, 0.25) is 5.91 Å². The van der Waals surface area contributed by atoms with Crippen LogP contribution in [0.25, 0.3) is 6.08 Å². The molecule has 1 aliphatic rings. The quantitative estimate of drug-likeness (QED) is 0.586. The number of carbonyl (C=O) groups excluding carboxylic acids is 3. The topological polar surface area (TPSA) is 84.5 Å². The van der Waals surface area contributed by atoms with E-state index in [0.29, 0.717) is 18.0 Å². The average molecular weight is 344 g/mol. The van der Waals surface area contributed by atoms with Crippen molar-refractivity contribution in [3.63, 3.8) is 0 Å². The number of benzene rings is 1. The van der Waals surface area contributed by atoms with Crippen LogP contribution < -0.4 is 10.6 Å². The van der Waals surface area contributed by atoms with Crippen LogP contribution in [0, 0.1) is 0 Å². The van der Waals surface area contributed by atoms with Crippen molar-refractivity contribution in [2.24, 2.45) is 0 Å². The average Bonchev–Trinajstić information content (AvgIpc) is 3.43. The Morgan fingerprint density at radius 3 is 2.40 bits per heavy atom. The summed E-state index contributed by atoms with van der Waals surface area (Å²) in [7, 11) is 1.29. The number of esters is 1. The Morgan fingerprint density at radius 1 is 1.24 bits per heavy atom. The Kier molecular flexibility index (Phi) is 5.96. The molecule has 0 aliphatic heterocycles. The van der Waals surface area contributed by atoms with Crippen LogP contribution >= 0.6 is 0 Å². The Bertz CT molecular complexity index is 677. The van der Waals surface area contributed by atoms with Crippen molar-refractivity contribution in [2.75, 3.05) is 7.11 Å². The summed E-state index contributed by atoms with van der Waals surface area (Å²) in [5, 5.41) is 5.58. The van der Waals surface area contributed by atoms with Crippen molar-refractivity contribution in [2.45, 2.75) is 44.7 Å². The Labute approximate surface area is 147 Å². The molecule has 1 unspecified atom stereocenters. The maximum Gasteiger partial charge on any atom is 0.331 e. The molecule has 0 heterocycles. The second kappa shape index (κ2) is 7.96. The van der Waals surface area contributed by atoms with E-state index in [0.717, 1.165) is 18.4 Å². The summed E-state index contributed by atoms with van der Waals surface area (Å²) >= 11 is 0. The van der Waals surface area contributed by atoms with Gasteiger partial charge in [0.05, 0.1) is 7.11 Å². The number of rotatable bonds is 7. The van der Waals surface area contributed by atoms with Gasteiger partial charge < -0.3 is 15.4 Å². The van der Waals surface area contributed by atoms with Crippen LogP contribution in [0.15, 0.2) is 30.3 Å². The first-order valence-corrected chi connectivity index (χ1v) is 8.37. The van der Waals surface area contributed by atoms with Crippen LogP contribution in [-0.2, 0) is 14.3 Å². The van der Waals surface area contributed by atoms with Crippen molar-refractivity contribution in [3.8, 4) is 0 Å². The van der Waals surface area contributed by atoms with E-state index in [1.54, 1.807) is 44.2 Å². The van der Waals surface area contributed by atoms with Crippen molar-refractivity contribution < 1.29 is 19.1 Å². The lowest BCUT2D eigenvalue weighted by Gasteiger charge is -2.25. The highest BCUT2D eigenvalue weighted by Gasteiger charge is 2.33. The Balaban J connectivity index is 1.94. The van der Waals surface area contributed by atoms with Gasteiger partial charge in [-0.15, -0.1) is 0 Å². The summed E-state index contributed by atoms with van der Waals surface area (Å²) in [5.74, 6) is -0.944. The van der Waals surface area contributed by atoms with Crippen molar-refractivity contribution in [3.05, 3.63) is 41.5 Å². The normalized spacial score (nSPS) is 16.1. The standard InChI is InChI=1S/C19H24N2O4/c1-4-19(2,18(24)25-3)21-16(22)12-7-13-5-8-14(9-6-13)17(23)20-15-10-11-15/h5-9,12,15H,4,10-11H2,1-3H3,(H,20,23)(H,21,22)/b12-7+. The third kappa shape index (κ3) is 5.17. The van der Waals surface area contributed by atoms with Crippen LogP contribution in [-0.4, -0.2) is 36.5 Å². The number of nitrogens with one attached hydrogen (secondary N) is 2. The molecule has 1 saturated carbocycles. The molecular weight excluding hydrogens is 320 g/mol. The van der Waals surface area contributed by atoms with Gasteiger partial charge in [0.25, 0.3) is 5.91 Å². The van der Waals surface area contributed by atoms with E-state index in [9.17, 15) is 14.4 Å². The Hall–Kier alpha value is -2.63. The molecule has 0 radical (unpaired) electrons. The minimum absolute atomic E-state index is 0.0763. The number of carbonyl (C=O) groups is 3. The smallest absolute Gasteiger partial charge is 0.331 e. The van der Waals surface area contributed by atoms with Gasteiger partial charge in [0.1, 0.15) is 5.54 Å². The van der Waals surface area contributed by atoms with Gasteiger partial charge in [-0.1, -0.05) is 19.1 Å². The van der Waals surface area contributed by atoms with Crippen molar-refractivity contribution in [1.82, 2.24) is 10.6 Å². The lowest BCUT2D eigenvalue weighted by molar-refractivity contribution is -0.149. The zero-order valence-electron chi connectivity index (χ0n) is 14.8. The van der Waals surface area contributed by atoms with E-state index in [-0.39, 0.29) is 11.8 Å². The summed E-state index contributed by atoms with van der Waals surface area (Å²) in [6.45, 7) is 3.42. The lowest BCUT2D eigenvalue weighted by Crippen LogP contribution is -2.51. The molecule has 0 bridgehead atoms.